The molecule has 0 atom stereocenters. The van der Waals surface area contributed by atoms with Gasteiger partial charge in [0.25, 0.3) is 0 Å². The summed E-state index contributed by atoms with van der Waals surface area (Å²) in [7, 11) is -1.36. The number of fused-ring (bicyclic) bond motifs is 4. The van der Waals surface area contributed by atoms with Gasteiger partial charge in [-0.1, -0.05) is 128 Å². The van der Waals surface area contributed by atoms with Crippen molar-refractivity contribution in [2.75, 3.05) is 0 Å². The van der Waals surface area contributed by atoms with E-state index in [1.54, 1.807) is 0 Å². The molecular formula is C43H56IrNO2SSi-. The average molecular weight is 871 g/mol. The van der Waals surface area contributed by atoms with Crippen molar-refractivity contribution in [2.45, 2.75) is 113 Å². The molecule has 6 heteroatoms. The fourth-order valence-electron chi connectivity index (χ4n) is 6.02. The summed E-state index contributed by atoms with van der Waals surface area (Å²) in [5, 5.41) is 16.7. The fraction of sp³-hybridized carbons (Fsp3) is 0.442. The zero-order valence-corrected chi connectivity index (χ0v) is 35.9. The van der Waals surface area contributed by atoms with E-state index in [2.05, 4.69) is 101 Å². The van der Waals surface area contributed by atoms with E-state index in [0.29, 0.717) is 0 Å². The predicted octanol–water partition coefficient (Wildman–Crippen LogP) is 12.6. The number of nitrogens with zero attached hydrogens (tertiary/aromatic N) is 1. The topological polar surface area (TPSA) is 50.2 Å². The van der Waals surface area contributed by atoms with Gasteiger partial charge in [-0.05, 0) is 54.0 Å². The molecule has 0 fully saturated rings. The number of benzene rings is 3. The van der Waals surface area contributed by atoms with E-state index < -0.39 is 8.07 Å². The predicted molar refractivity (Wildman–Crippen MR) is 214 cm³/mol. The average Bonchev–Trinajstić information content (AvgIpc) is 3.44. The molecule has 2 aromatic heterocycles. The third-order valence-corrected chi connectivity index (χ3v) is 13.9. The monoisotopic (exact) mass is 871 g/mol. The summed E-state index contributed by atoms with van der Waals surface area (Å²) >= 11 is 1.85. The standard InChI is InChI=1S/C28H28NSSi.C15H28O2.Ir/c1-28(2,3)24-16-19(15-18-9-7-8-10-21(18)24)26-27-22(13-14-29-26)23-17-20(31(4,5)6)11-12-25(23)30-27;1-7-14(5,8-2)12(16)11-13(17)15(6,9-3)10-4;/h7-14,16-17H,1-6H3;11,16H,7-10H2,1-6H3;/q-1;;/b;12-11-;. The Morgan fingerprint density at radius 2 is 1.45 bits per heavy atom. The van der Waals surface area contributed by atoms with Crippen LogP contribution < -0.4 is 5.19 Å². The van der Waals surface area contributed by atoms with Crippen LogP contribution in [-0.2, 0) is 30.3 Å². The second-order valence-corrected chi connectivity index (χ2v) is 22.1. The zero-order chi connectivity index (χ0) is 35.7. The molecule has 1 N–H and O–H groups in total. The first-order valence-electron chi connectivity index (χ1n) is 17.7. The minimum absolute atomic E-state index is 0. The number of hydrogen-bond donors (Lipinski definition) is 1. The Balaban J connectivity index is 0.000000312. The smallest absolute Gasteiger partial charge is 0.164 e. The first-order chi connectivity index (χ1) is 22.4. The number of carbonyl (C=O) groups excluding carboxylic acids is 1. The summed E-state index contributed by atoms with van der Waals surface area (Å²) in [4.78, 5) is 17.0. The third-order valence-electron chi connectivity index (χ3n) is 10.7. The summed E-state index contributed by atoms with van der Waals surface area (Å²) in [5.74, 6) is 0.286. The maximum atomic E-state index is 12.2. The van der Waals surface area contributed by atoms with Gasteiger partial charge in [0.15, 0.2) is 5.78 Å². The van der Waals surface area contributed by atoms with Gasteiger partial charge in [0, 0.05) is 58.3 Å². The molecule has 0 unspecified atom stereocenters. The second kappa shape index (κ2) is 15.7. The van der Waals surface area contributed by atoms with Gasteiger partial charge < -0.3 is 5.11 Å². The number of ketones is 1. The Kier molecular flexibility index (Phi) is 13.1. The summed E-state index contributed by atoms with van der Waals surface area (Å²) in [6, 6.07) is 23.8. The maximum absolute atomic E-state index is 12.2. The summed E-state index contributed by atoms with van der Waals surface area (Å²) in [5.41, 5.74) is 2.92. The van der Waals surface area contributed by atoms with Crippen molar-refractivity contribution >= 4 is 61.3 Å². The second-order valence-electron chi connectivity index (χ2n) is 15.9. The van der Waals surface area contributed by atoms with E-state index >= 15 is 0 Å². The molecule has 0 bridgehead atoms. The molecule has 2 heterocycles. The molecule has 0 aliphatic carbocycles. The molecule has 265 valence electrons. The normalized spacial score (nSPS) is 12.9. The Morgan fingerprint density at radius 3 is 2.02 bits per heavy atom. The van der Waals surface area contributed by atoms with Crippen LogP contribution in [0.2, 0.25) is 19.6 Å². The molecule has 3 aromatic carbocycles. The van der Waals surface area contributed by atoms with E-state index in [-0.39, 0.29) is 47.9 Å². The van der Waals surface area contributed by atoms with Gasteiger partial charge in [-0.15, -0.1) is 40.5 Å². The van der Waals surface area contributed by atoms with Gasteiger partial charge in [0.2, 0.25) is 0 Å². The molecular weight excluding hydrogens is 815 g/mol. The SMILES string of the molecule is CC(C)(C)c1cc(-c2nccc3c2sc2ccc([Si](C)(C)C)cc23)[c-]c2ccccc12.CCC(C)(CC)C(=O)/C=C(\O)C(C)(CC)CC.[Ir]. The molecule has 0 spiro atoms. The molecule has 0 amide bonds. The van der Waals surface area contributed by atoms with Gasteiger partial charge >= 0.3 is 0 Å². The number of pyridine rings is 1. The maximum Gasteiger partial charge on any atom is 0.164 e. The van der Waals surface area contributed by atoms with E-state index in [1.165, 1.54) is 42.4 Å². The summed E-state index contributed by atoms with van der Waals surface area (Å²) in [6.07, 6.45) is 6.72. The van der Waals surface area contributed by atoms with Gasteiger partial charge in [0.1, 0.15) is 5.76 Å². The molecule has 5 rings (SSSR count). The van der Waals surface area contributed by atoms with Crippen LogP contribution in [0, 0.1) is 16.9 Å². The van der Waals surface area contributed by atoms with E-state index in [1.807, 2.05) is 59.1 Å². The fourth-order valence-corrected chi connectivity index (χ4v) is 8.37. The number of thiophene rings is 1. The Labute approximate surface area is 314 Å². The summed E-state index contributed by atoms with van der Waals surface area (Å²) in [6.45, 7) is 26.2. The molecule has 0 saturated carbocycles. The summed E-state index contributed by atoms with van der Waals surface area (Å²) < 4.78 is 2.60. The van der Waals surface area contributed by atoms with E-state index in [4.69, 9.17) is 4.98 Å². The number of hydrogen-bond acceptors (Lipinski definition) is 4. The molecule has 5 aromatic rings. The molecule has 1 radical (unpaired) electrons. The molecule has 0 aliphatic heterocycles. The molecule has 3 nitrogen and oxygen atoms in total. The Hall–Kier alpha value is -2.63. The quantitative estimate of drug-likeness (QED) is 0.0695. The number of aliphatic hydroxyl groups excluding tert-OH is 1. The molecule has 0 saturated heterocycles. The van der Waals surface area contributed by atoms with Crippen LogP contribution in [0.3, 0.4) is 0 Å². The first-order valence-corrected chi connectivity index (χ1v) is 22.0. The van der Waals surface area contributed by atoms with Crippen molar-refractivity contribution in [1.82, 2.24) is 4.98 Å². The van der Waals surface area contributed by atoms with Crippen LogP contribution in [-0.4, -0.2) is 23.9 Å². The first kappa shape index (κ1) is 40.8. The minimum Gasteiger partial charge on any atom is -0.512 e. The van der Waals surface area contributed by atoms with Crippen LogP contribution in [0.4, 0.5) is 0 Å². The van der Waals surface area contributed by atoms with Crippen molar-refractivity contribution in [1.29, 1.82) is 0 Å². The van der Waals surface area contributed by atoms with Crippen molar-refractivity contribution in [3.63, 3.8) is 0 Å². The van der Waals surface area contributed by atoms with Crippen LogP contribution in [0.5, 0.6) is 0 Å². The van der Waals surface area contributed by atoms with Crippen molar-refractivity contribution in [2.24, 2.45) is 10.8 Å². The number of carbonyl (C=O) groups is 1. The third kappa shape index (κ3) is 8.64. The largest absolute Gasteiger partial charge is 0.512 e. The van der Waals surface area contributed by atoms with Gasteiger partial charge in [0.05, 0.1) is 8.07 Å². The van der Waals surface area contributed by atoms with Gasteiger partial charge in [-0.2, -0.15) is 0 Å². The van der Waals surface area contributed by atoms with Gasteiger partial charge in [-0.3, -0.25) is 9.78 Å². The van der Waals surface area contributed by atoms with Gasteiger partial charge in [-0.25, -0.2) is 0 Å². The zero-order valence-electron chi connectivity index (χ0n) is 31.7. The number of allylic oxidation sites excluding steroid dienone is 2. The Bertz CT molecular complexity index is 1950. The van der Waals surface area contributed by atoms with Crippen LogP contribution in [0.15, 0.2) is 72.6 Å². The van der Waals surface area contributed by atoms with E-state index in [9.17, 15) is 9.90 Å². The Morgan fingerprint density at radius 1 is 0.837 bits per heavy atom. The van der Waals surface area contributed by atoms with Crippen molar-refractivity contribution in [3.8, 4) is 11.3 Å². The number of rotatable bonds is 9. The van der Waals surface area contributed by atoms with Crippen LogP contribution >= 0.6 is 11.3 Å². The van der Waals surface area contributed by atoms with Crippen LogP contribution in [0.1, 0.15) is 93.6 Å². The number of aromatic nitrogens is 1. The number of aliphatic hydroxyl groups is 1. The molecule has 49 heavy (non-hydrogen) atoms. The van der Waals surface area contributed by atoms with Crippen molar-refractivity contribution < 1.29 is 30.0 Å². The van der Waals surface area contributed by atoms with Crippen LogP contribution in [0.25, 0.3) is 42.2 Å². The van der Waals surface area contributed by atoms with Crippen molar-refractivity contribution in [3.05, 3.63) is 84.3 Å². The minimum atomic E-state index is -1.36. The molecule has 0 aliphatic rings. The van der Waals surface area contributed by atoms with E-state index in [0.717, 1.165) is 42.3 Å².